The molecule has 0 bridgehead atoms. The molecule has 0 aliphatic rings. The van der Waals surface area contributed by atoms with Crippen molar-refractivity contribution in [3.63, 3.8) is 0 Å². The zero-order chi connectivity index (χ0) is 22.9. The van der Waals surface area contributed by atoms with E-state index in [0.717, 1.165) is 39.5 Å². The monoisotopic (exact) mass is 476 g/mol. The molecule has 0 aliphatic carbocycles. The van der Waals surface area contributed by atoms with Crippen molar-refractivity contribution in [1.29, 1.82) is 0 Å². The van der Waals surface area contributed by atoms with E-state index in [2.05, 4.69) is 0 Å². The van der Waals surface area contributed by atoms with Crippen molar-refractivity contribution in [2.75, 3.05) is 0 Å². The lowest BCUT2D eigenvalue weighted by molar-refractivity contribution is 0.258. The third-order valence-electron chi connectivity index (χ3n) is 5.11. The Labute approximate surface area is 198 Å². The highest BCUT2D eigenvalue weighted by molar-refractivity contribution is 7.27. The molecular formula is C27H26O4P2. The summed E-state index contributed by atoms with van der Waals surface area (Å²) in [5, 5.41) is 0. The summed E-state index contributed by atoms with van der Waals surface area (Å²) in [7, 11) is -0.349. The molecule has 0 heterocycles. The van der Waals surface area contributed by atoms with Crippen LogP contribution >= 0.6 is 18.1 Å². The second kappa shape index (κ2) is 11.8. The van der Waals surface area contributed by atoms with Gasteiger partial charge in [0.1, 0.15) is 23.4 Å². The minimum absolute atomic E-state index is 0.173. The number of hydrogen-bond donors (Lipinski definition) is 0. The second-order valence-electron chi connectivity index (χ2n) is 7.45. The van der Waals surface area contributed by atoms with Gasteiger partial charge in [-0.05, 0) is 48.7 Å². The summed E-state index contributed by atoms with van der Waals surface area (Å²) < 4.78 is 24.2. The van der Waals surface area contributed by atoms with Gasteiger partial charge >= 0.3 is 0 Å². The number of aryl methyl sites for hydroxylation is 2. The predicted octanol–water partition coefficient (Wildman–Crippen LogP) is 7.96. The van der Waals surface area contributed by atoms with Crippen LogP contribution in [0.25, 0.3) is 0 Å². The summed E-state index contributed by atoms with van der Waals surface area (Å²) >= 11 is 0. The van der Waals surface area contributed by atoms with Crippen molar-refractivity contribution in [2.45, 2.75) is 20.0 Å². The van der Waals surface area contributed by atoms with E-state index in [4.69, 9.17) is 18.1 Å². The third-order valence-corrected chi connectivity index (χ3v) is 6.35. The molecule has 3 unspecified atom stereocenters. The van der Waals surface area contributed by atoms with E-state index in [0.29, 0.717) is 0 Å². The first-order chi connectivity index (χ1) is 16.2. The average molecular weight is 476 g/mol. The van der Waals surface area contributed by atoms with Crippen molar-refractivity contribution in [3.05, 3.63) is 125 Å². The standard InChI is InChI=1S/C27H26O4P2/c1-20-12-6-9-17-24(20)28-32-30-26-19-11-8-16-23(26)27(22-14-4-3-5-15-22)31-33-29-25-18-10-7-13-21(25)2/h3-19,27,32-33H,1-2H3. The number of rotatable bonds is 10. The Morgan fingerprint density at radius 2 is 1.00 bits per heavy atom. The predicted molar refractivity (Wildman–Crippen MR) is 137 cm³/mol. The fourth-order valence-corrected chi connectivity index (χ4v) is 4.66. The molecule has 0 aliphatic heterocycles. The van der Waals surface area contributed by atoms with Gasteiger partial charge in [0.05, 0.1) is 0 Å². The van der Waals surface area contributed by atoms with Crippen LogP contribution in [0.15, 0.2) is 103 Å². The Morgan fingerprint density at radius 1 is 0.515 bits per heavy atom. The zero-order valence-corrected chi connectivity index (χ0v) is 20.5. The van der Waals surface area contributed by atoms with Crippen LogP contribution < -0.4 is 13.6 Å². The Kier molecular flexibility index (Phi) is 8.33. The zero-order valence-electron chi connectivity index (χ0n) is 18.5. The van der Waals surface area contributed by atoms with Gasteiger partial charge in [-0.3, -0.25) is 0 Å². The summed E-state index contributed by atoms with van der Waals surface area (Å²) in [6.07, 6.45) is -0.340. The quantitative estimate of drug-likeness (QED) is 0.218. The number of para-hydroxylation sites is 3. The molecule has 4 nitrogen and oxygen atoms in total. The first-order valence-electron chi connectivity index (χ1n) is 10.6. The summed E-state index contributed by atoms with van der Waals surface area (Å²) in [5.74, 6) is 2.36. The topological polar surface area (TPSA) is 36.9 Å². The maximum absolute atomic E-state index is 6.29. The van der Waals surface area contributed by atoms with Crippen LogP contribution in [-0.2, 0) is 4.52 Å². The van der Waals surface area contributed by atoms with E-state index in [9.17, 15) is 0 Å². The SMILES string of the molecule is Cc1ccccc1OPOc1ccccc1C(OPOc1ccccc1C)c1ccccc1. The van der Waals surface area contributed by atoms with Crippen LogP contribution in [0, 0.1) is 13.8 Å². The van der Waals surface area contributed by atoms with E-state index in [1.807, 2.05) is 117 Å². The smallest absolute Gasteiger partial charge is 0.275 e. The van der Waals surface area contributed by atoms with Gasteiger partial charge in [0, 0.05) is 5.56 Å². The van der Waals surface area contributed by atoms with Gasteiger partial charge in [0.15, 0.2) is 0 Å². The van der Waals surface area contributed by atoms with Gasteiger partial charge in [-0.2, -0.15) is 0 Å². The second-order valence-corrected chi connectivity index (χ2v) is 8.63. The minimum Gasteiger partial charge on any atom is -0.449 e. The maximum atomic E-state index is 6.29. The van der Waals surface area contributed by atoms with Crippen LogP contribution in [0.1, 0.15) is 28.4 Å². The molecule has 0 fully saturated rings. The summed E-state index contributed by atoms with van der Waals surface area (Å²) in [4.78, 5) is 0. The van der Waals surface area contributed by atoms with Crippen LogP contribution in [0.5, 0.6) is 17.2 Å². The molecule has 33 heavy (non-hydrogen) atoms. The molecule has 0 aromatic heterocycles. The largest absolute Gasteiger partial charge is 0.449 e. The lowest BCUT2D eigenvalue weighted by Crippen LogP contribution is -2.04. The Bertz CT molecular complexity index is 1170. The lowest BCUT2D eigenvalue weighted by atomic mass is 10.0. The lowest BCUT2D eigenvalue weighted by Gasteiger charge is -2.21. The van der Waals surface area contributed by atoms with Crippen LogP contribution in [0.4, 0.5) is 0 Å². The maximum Gasteiger partial charge on any atom is 0.275 e. The van der Waals surface area contributed by atoms with Gasteiger partial charge in [-0.15, -0.1) is 0 Å². The molecule has 6 heteroatoms. The fourth-order valence-electron chi connectivity index (χ4n) is 3.30. The van der Waals surface area contributed by atoms with Crippen molar-refractivity contribution >= 4 is 18.1 Å². The Hall–Kier alpha value is -2.90. The van der Waals surface area contributed by atoms with Gasteiger partial charge in [0.2, 0.25) is 9.03 Å². The highest BCUT2D eigenvalue weighted by Crippen LogP contribution is 2.40. The van der Waals surface area contributed by atoms with E-state index in [1.54, 1.807) is 0 Å². The molecule has 3 atom stereocenters. The summed E-state index contributed by atoms with van der Waals surface area (Å²) in [5.41, 5.74) is 4.09. The van der Waals surface area contributed by atoms with Gasteiger partial charge in [-0.1, -0.05) is 84.9 Å². The molecule has 168 valence electrons. The number of benzene rings is 4. The van der Waals surface area contributed by atoms with E-state index in [-0.39, 0.29) is 24.2 Å². The van der Waals surface area contributed by atoms with Gasteiger partial charge < -0.3 is 18.1 Å². The first-order valence-corrected chi connectivity index (χ1v) is 12.3. The third kappa shape index (κ3) is 6.33. The van der Waals surface area contributed by atoms with Crippen molar-refractivity contribution in [1.82, 2.24) is 0 Å². The molecule has 0 spiro atoms. The molecule has 4 rings (SSSR count). The summed E-state index contributed by atoms with van der Waals surface area (Å²) in [6, 6.07) is 33.8. The molecule has 4 aromatic rings. The average Bonchev–Trinajstić information content (AvgIpc) is 2.85. The van der Waals surface area contributed by atoms with E-state index in [1.165, 1.54) is 0 Å². The van der Waals surface area contributed by atoms with Gasteiger partial charge in [0.25, 0.3) is 9.03 Å². The highest BCUT2D eigenvalue weighted by atomic mass is 31.1. The molecule has 4 aromatic carbocycles. The Balaban J connectivity index is 1.50. The van der Waals surface area contributed by atoms with Crippen molar-refractivity contribution in [3.8, 4) is 17.2 Å². The highest BCUT2D eigenvalue weighted by Gasteiger charge is 2.20. The van der Waals surface area contributed by atoms with E-state index >= 15 is 0 Å². The normalized spacial score (nSPS) is 12.3. The molecule has 0 N–H and O–H groups in total. The molecule has 0 saturated heterocycles. The fraction of sp³-hybridized carbons (Fsp3) is 0.111. The van der Waals surface area contributed by atoms with Crippen molar-refractivity contribution in [2.24, 2.45) is 0 Å². The van der Waals surface area contributed by atoms with Crippen LogP contribution in [0.2, 0.25) is 0 Å². The van der Waals surface area contributed by atoms with Crippen molar-refractivity contribution < 1.29 is 18.1 Å². The first kappa shape index (κ1) is 23.3. The molecular weight excluding hydrogens is 450 g/mol. The molecule has 0 saturated carbocycles. The van der Waals surface area contributed by atoms with Crippen LogP contribution in [0.3, 0.4) is 0 Å². The van der Waals surface area contributed by atoms with Gasteiger partial charge in [-0.25, -0.2) is 0 Å². The number of hydrogen-bond acceptors (Lipinski definition) is 4. The summed E-state index contributed by atoms with van der Waals surface area (Å²) in [6.45, 7) is 4.04. The molecule has 0 amide bonds. The Morgan fingerprint density at radius 3 is 1.64 bits per heavy atom. The van der Waals surface area contributed by atoms with Crippen LogP contribution in [-0.4, -0.2) is 0 Å². The molecule has 0 radical (unpaired) electrons. The minimum atomic E-state index is -0.340. The van der Waals surface area contributed by atoms with E-state index < -0.39 is 0 Å².